The lowest BCUT2D eigenvalue weighted by Crippen LogP contribution is -2.42. The second-order valence-corrected chi connectivity index (χ2v) is 7.12. The third kappa shape index (κ3) is 7.00. The standard InChI is InChI=1S/C20H28N2O4/c1-20(2,3)21-12-17(23)14-25-19-8-6-5-7-15(19)9-10-18-11-16(13-24-4)22-26-18/h5-11,17,21,23H,12-14H2,1-4H3. The van der Waals surface area contributed by atoms with Crippen LogP contribution in [0.5, 0.6) is 5.75 Å². The average molecular weight is 360 g/mol. The molecule has 0 radical (unpaired) electrons. The van der Waals surface area contributed by atoms with E-state index in [4.69, 9.17) is 14.0 Å². The number of β-amino-alcohol motifs (C(OH)–C–C–N with tert-alkyl or cyclic N) is 1. The van der Waals surface area contributed by atoms with Gasteiger partial charge in [0.1, 0.15) is 24.2 Å². The maximum atomic E-state index is 10.1. The summed E-state index contributed by atoms with van der Waals surface area (Å²) in [6, 6.07) is 9.47. The number of aliphatic hydroxyl groups is 1. The topological polar surface area (TPSA) is 76.8 Å². The van der Waals surface area contributed by atoms with E-state index in [9.17, 15) is 5.11 Å². The summed E-state index contributed by atoms with van der Waals surface area (Å²) in [6.07, 6.45) is 3.13. The molecule has 2 aromatic rings. The lowest BCUT2D eigenvalue weighted by Gasteiger charge is -2.23. The zero-order chi connectivity index (χ0) is 19.0. The van der Waals surface area contributed by atoms with Gasteiger partial charge >= 0.3 is 0 Å². The maximum Gasteiger partial charge on any atom is 0.160 e. The molecule has 0 saturated heterocycles. The molecule has 0 aliphatic heterocycles. The zero-order valence-electron chi connectivity index (χ0n) is 15.9. The molecule has 1 aromatic carbocycles. The van der Waals surface area contributed by atoms with E-state index in [-0.39, 0.29) is 12.1 Å². The summed E-state index contributed by atoms with van der Waals surface area (Å²) in [5.41, 5.74) is 1.60. The molecule has 0 saturated carbocycles. The van der Waals surface area contributed by atoms with Crippen LogP contribution in [0.2, 0.25) is 0 Å². The van der Waals surface area contributed by atoms with Gasteiger partial charge < -0.3 is 24.4 Å². The van der Waals surface area contributed by atoms with Crippen molar-refractivity contribution < 1.29 is 19.1 Å². The predicted octanol–water partition coefficient (Wildman–Crippen LogP) is 3.12. The van der Waals surface area contributed by atoms with Crippen LogP contribution in [0.15, 0.2) is 34.9 Å². The molecule has 0 amide bonds. The van der Waals surface area contributed by atoms with Crippen LogP contribution in [0.1, 0.15) is 37.8 Å². The van der Waals surface area contributed by atoms with Crippen molar-refractivity contribution in [2.75, 3.05) is 20.3 Å². The fourth-order valence-corrected chi connectivity index (χ4v) is 2.21. The van der Waals surface area contributed by atoms with Gasteiger partial charge in [-0.05, 0) is 39.0 Å². The maximum absolute atomic E-state index is 10.1. The fraction of sp³-hybridized carbons (Fsp3) is 0.450. The summed E-state index contributed by atoms with van der Waals surface area (Å²) in [5, 5.41) is 17.3. The Morgan fingerprint density at radius 3 is 2.77 bits per heavy atom. The van der Waals surface area contributed by atoms with Crippen LogP contribution in [-0.2, 0) is 11.3 Å². The first kappa shape index (κ1) is 20.2. The molecule has 26 heavy (non-hydrogen) atoms. The molecule has 0 fully saturated rings. The van der Waals surface area contributed by atoms with Crippen LogP contribution >= 0.6 is 0 Å². The first-order chi connectivity index (χ1) is 12.4. The van der Waals surface area contributed by atoms with Gasteiger partial charge in [-0.3, -0.25) is 0 Å². The molecule has 1 aromatic heterocycles. The average Bonchev–Trinajstić information content (AvgIpc) is 3.04. The molecule has 1 heterocycles. The minimum Gasteiger partial charge on any atom is -0.490 e. The van der Waals surface area contributed by atoms with Crippen molar-refractivity contribution in [2.45, 2.75) is 39.0 Å². The Hall–Kier alpha value is -2.15. The Morgan fingerprint density at radius 1 is 1.27 bits per heavy atom. The highest BCUT2D eigenvalue weighted by atomic mass is 16.5. The quantitative estimate of drug-likeness (QED) is 0.715. The second-order valence-electron chi connectivity index (χ2n) is 7.12. The molecule has 2 N–H and O–H groups in total. The Bertz CT molecular complexity index is 704. The second kappa shape index (κ2) is 9.52. The number of methoxy groups -OCH3 is 1. The summed E-state index contributed by atoms with van der Waals surface area (Å²) in [5.74, 6) is 1.34. The normalized spacial score (nSPS) is 13.3. The Labute approximate surface area is 154 Å². The molecule has 0 bridgehead atoms. The van der Waals surface area contributed by atoms with Crippen molar-refractivity contribution >= 4 is 12.2 Å². The molecule has 1 unspecified atom stereocenters. The highest BCUT2D eigenvalue weighted by Gasteiger charge is 2.13. The van der Waals surface area contributed by atoms with Crippen LogP contribution in [0.4, 0.5) is 0 Å². The SMILES string of the molecule is COCc1cc(C=Cc2ccccc2OCC(O)CNC(C)(C)C)on1. The van der Waals surface area contributed by atoms with Crippen LogP contribution < -0.4 is 10.1 Å². The molecule has 142 valence electrons. The minimum atomic E-state index is -0.586. The molecule has 6 nitrogen and oxygen atoms in total. The molecule has 0 aliphatic rings. The van der Waals surface area contributed by atoms with E-state index in [1.165, 1.54) is 0 Å². The summed E-state index contributed by atoms with van der Waals surface area (Å²) >= 11 is 0. The molecular formula is C20H28N2O4. The highest BCUT2D eigenvalue weighted by Crippen LogP contribution is 2.21. The van der Waals surface area contributed by atoms with Crippen LogP contribution in [0.25, 0.3) is 12.2 Å². The monoisotopic (exact) mass is 360 g/mol. The van der Waals surface area contributed by atoms with E-state index in [1.54, 1.807) is 7.11 Å². The number of benzene rings is 1. The molecule has 0 spiro atoms. The van der Waals surface area contributed by atoms with Gasteiger partial charge in [0.2, 0.25) is 0 Å². The van der Waals surface area contributed by atoms with Crippen LogP contribution in [0.3, 0.4) is 0 Å². The Balaban J connectivity index is 1.95. The third-order valence-corrected chi connectivity index (χ3v) is 3.51. The van der Waals surface area contributed by atoms with Gasteiger partial charge in [0.15, 0.2) is 5.76 Å². The van der Waals surface area contributed by atoms with Crippen molar-refractivity contribution in [1.82, 2.24) is 10.5 Å². The summed E-state index contributed by atoms with van der Waals surface area (Å²) in [6.45, 7) is 7.28. The predicted molar refractivity (Wildman–Crippen MR) is 102 cm³/mol. The van der Waals surface area contributed by atoms with E-state index in [0.717, 1.165) is 11.3 Å². The summed E-state index contributed by atoms with van der Waals surface area (Å²) < 4.78 is 16.0. The van der Waals surface area contributed by atoms with Crippen molar-refractivity contribution in [1.29, 1.82) is 0 Å². The van der Waals surface area contributed by atoms with Crippen LogP contribution in [-0.4, -0.2) is 42.2 Å². The summed E-state index contributed by atoms with van der Waals surface area (Å²) in [7, 11) is 1.61. The van der Waals surface area contributed by atoms with E-state index >= 15 is 0 Å². The van der Waals surface area contributed by atoms with E-state index in [2.05, 4.69) is 31.2 Å². The Kier molecular flexibility index (Phi) is 7.38. The van der Waals surface area contributed by atoms with Gasteiger partial charge in [-0.1, -0.05) is 23.4 Å². The number of rotatable bonds is 9. The first-order valence-electron chi connectivity index (χ1n) is 8.65. The van der Waals surface area contributed by atoms with Crippen molar-refractivity contribution in [3.05, 3.63) is 47.3 Å². The lowest BCUT2D eigenvalue weighted by atomic mass is 10.1. The molecule has 6 heteroatoms. The fourth-order valence-electron chi connectivity index (χ4n) is 2.21. The smallest absolute Gasteiger partial charge is 0.160 e. The van der Waals surface area contributed by atoms with Gasteiger partial charge in [-0.25, -0.2) is 0 Å². The van der Waals surface area contributed by atoms with E-state index in [0.29, 0.717) is 24.7 Å². The van der Waals surface area contributed by atoms with E-state index in [1.807, 2.05) is 42.5 Å². The molecule has 0 aliphatic carbocycles. The number of nitrogens with zero attached hydrogens (tertiary/aromatic N) is 1. The van der Waals surface area contributed by atoms with E-state index < -0.39 is 6.10 Å². The highest BCUT2D eigenvalue weighted by molar-refractivity contribution is 5.70. The molecule has 1 atom stereocenters. The van der Waals surface area contributed by atoms with Gasteiger partial charge in [-0.2, -0.15) is 0 Å². The first-order valence-corrected chi connectivity index (χ1v) is 8.65. The zero-order valence-corrected chi connectivity index (χ0v) is 15.9. The van der Waals surface area contributed by atoms with Gasteiger partial charge in [-0.15, -0.1) is 0 Å². The van der Waals surface area contributed by atoms with Gasteiger partial charge in [0.05, 0.1) is 6.61 Å². The number of para-hydroxylation sites is 1. The Morgan fingerprint density at radius 2 is 2.04 bits per heavy atom. The number of nitrogens with one attached hydrogen (secondary N) is 1. The number of aliphatic hydroxyl groups excluding tert-OH is 1. The van der Waals surface area contributed by atoms with Crippen molar-refractivity contribution in [3.63, 3.8) is 0 Å². The molecule has 2 rings (SSSR count). The number of hydrogen-bond donors (Lipinski definition) is 2. The third-order valence-electron chi connectivity index (χ3n) is 3.51. The molecular weight excluding hydrogens is 332 g/mol. The van der Waals surface area contributed by atoms with Crippen LogP contribution in [0, 0.1) is 0 Å². The van der Waals surface area contributed by atoms with Crippen molar-refractivity contribution in [2.24, 2.45) is 0 Å². The number of ether oxygens (including phenoxy) is 2. The number of hydrogen-bond acceptors (Lipinski definition) is 6. The van der Waals surface area contributed by atoms with Gasteiger partial charge in [0, 0.05) is 30.8 Å². The van der Waals surface area contributed by atoms with Gasteiger partial charge in [0.25, 0.3) is 0 Å². The lowest BCUT2D eigenvalue weighted by molar-refractivity contribution is 0.0999. The number of aromatic nitrogens is 1. The minimum absolute atomic E-state index is 0.0413. The largest absolute Gasteiger partial charge is 0.490 e. The van der Waals surface area contributed by atoms with Crippen molar-refractivity contribution in [3.8, 4) is 5.75 Å². The summed E-state index contributed by atoms with van der Waals surface area (Å²) in [4.78, 5) is 0.